The molecule has 192 valence electrons. The minimum atomic E-state index is -4.03. The van der Waals surface area contributed by atoms with Crippen molar-refractivity contribution < 1.29 is 27.5 Å². The highest BCUT2D eigenvalue weighted by Gasteiger charge is 2.26. The number of hydrogen-bond donors (Lipinski definition) is 1. The number of aromatic nitrogens is 1. The van der Waals surface area contributed by atoms with Gasteiger partial charge in [-0.1, -0.05) is 18.2 Å². The SMILES string of the molecule is COC(=O)c1ccc(NC(=O)CS(=O)(=O)c2cn(CC(=O)N(C(C)C)C(C)C)c3ccccc23)cc1. The molecule has 0 atom stereocenters. The van der Waals surface area contributed by atoms with E-state index in [4.69, 9.17) is 0 Å². The lowest BCUT2D eigenvalue weighted by molar-refractivity contribution is -0.135. The number of benzene rings is 2. The van der Waals surface area contributed by atoms with Crippen molar-refractivity contribution in [3.63, 3.8) is 0 Å². The van der Waals surface area contributed by atoms with Crippen molar-refractivity contribution in [1.29, 1.82) is 0 Å². The molecular weight excluding hydrogens is 482 g/mol. The molecule has 1 N–H and O–H groups in total. The van der Waals surface area contributed by atoms with Crippen LogP contribution in [0.25, 0.3) is 10.9 Å². The monoisotopic (exact) mass is 513 g/mol. The molecule has 0 aliphatic rings. The zero-order valence-electron chi connectivity index (χ0n) is 21.0. The fourth-order valence-corrected chi connectivity index (χ4v) is 5.61. The van der Waals surface area contributed by atoms with E-state index < -0.39 is 27.5 Å². The van der Waals surface area contributed by atoms with Crippen molar-refractivity contribution in [2.75, 3.05) is 18.2 Å². The molecule has 2 amide bonds. The number of nitrogens with one attached hydrogen (secondary N) is 1. The van der Waals surface area contributed by atoms with Crippen LogP contribution in [0.15, 0.2) is 59.6 Å². The fraction of sp³-hybridized carbons (Fsp3) is 0.346. The molecule has 1 heterocycles. The first-order valence-electron chi connectivity index (χ1n) is 11.5. The lowest BCUT2D eigenvalue weighted by Gasteiger charge is -2.31. The van der Waals surface area contributed by atoms with E-state index in [1.807, 2.05) is 27.7 Å². The Balaban J connectivity index is 1.84. The Bertz CT molecular complexity index is 1370. The van der Waals surface area contributed by atoms with Gasteiger partial charge in [-0.2, -0.15) is 0 Å². The predicted octanol–water partition coefficient (Wildman–Crippen LogP) is 3.49. The third-order valence-corrected chi connectivity index (χ3v) is 7.34. The second kappa shape index (κ2) is 10.9. The van der Waals surface area contributed by atoms with Crippen molar-refractivity contribution in [3.8, 4) is 0 Å². The number of sulfone groups is 1. The minimum Gasteiger partial charge on any atom is -0.465 e. The summed E-state index contributed by atoms with van der Waals surface area (Å²) in [4.78, 5) is 38.9. The number of para-hydroxylation sites is 1. The lowest BCUT2D eigenvalue weighted by atomic mass is 10.2. The number of fused-ring (bicyclic) bond motifs is 1. The van der Waals surface area contributed by atoms with E-state index >= 15 is 0 Å². The molecule has 0 bridgehead atoms. The molecule has 2 aromatic carbocycles. The van der Waals surface area contributed by atoms with Crippen molar-refractivity contribution >= 4 is 44.2 Å². The van der Waals surface area contributed by atoms with E-state index in [0.29, 0.717) is 22.2 Å². The van der Waals surface area contributed by atoms with Gasteiger partial charge in [-0.05, 0) is 58.0 Å². The smallest absolute Gasteiger partial charge is 0.337 e. The Morgan fingerprint density at radius 3 is 2.17 bits per heavy atom. The number of nitrogens with zero attached hydrogens (tertiary/aromatic N) is 2. The lowest BCUT2D eigenvalue weighted by Crippen LogP contribution is -2.43. The summed E-state index contributed by atoms with van der Waals surface area (Å²) in [5.74, 6) is -2.15. The highest BCUT2D eigenvalue weighted by molar-refractivity contribution is 7.92. The first kappa shape index (κ1) is 26.9. The number of methoxy groups -OCH3 is 1. The molecule has 0 aliphatic carbocycles. The van der Waals surface area contributed by atoms with Crippen LogP contribution >= 0.6 is 0 Å². The highest BCUT2D eigenvalue weighted by Crippen LogP contribution is 2.27. The van der Waals surface area contributed by atoms with Crippen LogP contribution in [0.1, 0.15) is 38.1 Å². The maximum atomic E-state index is 13.2. The maximum absolute atomic E-state index is 13.2. The molecule has 3 aromatic rings. The molecule has 10 heteroatoms. The summed E-state index contributed by atoms with van der Waals surface area (Å²) in [7, 11) is -2.77. The van der Waals surface area contributed by atoms with Crippen LogP contribution in [0.2, 0.25) is 0 Å². The van der Waals surface area contributed by atoms with Crippen LogP contribution in [0.3, 0.4) is 0 Å². The summed E-state index contributed by atoms with van der Waals surface area (Å²) in [5.41, 5.74) is 1.24. The first-order chi connectivity index (χ1) is 16.9. The van der Waals surface area contributed by atoms with Gasteiger partial charge in [0, 0.05) is 34.9 Å². The van der Waals surface area contributed by atoms with Gasteiger partial charge in [0.2, 0.25) is 11.8 Å². The Kier molecular flexibility index (Phi) is 8.19. The number of anilines is 1. The zero-order valence-corrected chi connectivity index (χ0v) is 21.8. The van der Waals surface area contributed by atoms with Crippen molar-refractivity contribution in [3.05, 3.63) is 60.3 Å². The van der Waals surface area contributed by atoms with Crippen LogP contribution in [0.5, 0.6) is 0 Å². The molecule has 3 rings (SSSR count). The summed E-state index contributed by atoms with van der Waals surface area (Å²) < 4.78 is 32.8. The van der Waals surface area contributed by atoms with E-state index in [0.717, 1.165) is 0 Å². The zero-order chi connectivity index (χ0) is 26.6. The molecule has 36 heavy (non-hydrogen) atoms. The van der Waals surface area contributed by atoms with Gasteiger partial charge in [-0.15, -0.1) is 0 Å². The minimum absolute atomic E-state index is 0.00656. The molecule has 0 radical (unpaired) electrons. The first-order valence-corrected chi connectivity index (χ1v) is 13.2. The second-order valence-corrected chi connectivity index (χ2v) is 11.0. The van der Waals surface area contributed by atoms with Gasteiger partial charge in [-0.25, -0.2) is 13.2 Å². The van der Waals surface area contributed by atoms with Gasteiger partial charge in [0.05, 0.1) is 17.6 Å². The number of esters is 1. The average molecular weight is 514 g/mol. The Morgan fingerprint density at radius 1 is 0.972 bits per heavy atom. The summed E-state index contributed by atoms with van der Waals surface area (Å²) in [6, 6.07) is 12.8. The normalized spacial score (nSPS) is 11.6. The van der Waals surface area contributed by atoms with E-state index in [9.17, 15) is 22.8 Å². The largest absolute Gasteiger partial charge is 0.465 e. The van der Waals surface area contributed by atoms with Crippen LogP contribution in [0.4, 0.5) is 5.69 Å². The van der Waals surface area contributed by atoms with E-state index in [1.165, 1.54) is 37.6 Å². The van der Waals surface area contributed by atoms with E-state index in [2.05, 4.69) is 10.1 Å². The van der Waals surface area contributed by atoms with Crippen molar-refractivity contribution in [1.82, 2.24) is 9.47 Å². The molecular formula is C26H31N3O6S. The molecule has 0 saturated heterocycles. The van der Waals surface area contributed by atoms with Gasteiger partial charge in [0.1, 0.15) is 12.3 Å². The number of amides is 2. The standard InChI is InChI=1S/C26H31N3O6S/c1-17(2)29(18(3)4)25(31)15-28-14-23(21-8-6-7-9-22(21)28)36(33,34)16-24(30)27-20-12-10-19(11-13-20)26(32)35-5/h6-14,17-18H,15-16H2,1-5H3,(H,27,30). The van der Waals surface area contributed by atoms with Gasteiger partial charge in [0.15, 0.2) is 9.84 Å². The Morgan fingerprint density at radius 2 is 1.58 bits per heavy atom. The average Bonchev–Trinajstić information content (AvgIpc) is 3.17. The number of carbonyl (C=O) groups is 3. The molecule has 0 aliphatic heterocycles. The van der Waals surface area contributed by atoms with Gasteiger partial charge in [-0.3, -0.25) is 9.59 Å². The predicted molar refractivity (Wildman–Crippen MR) is 138 cm³/mol. The summed E-state index contributed by atoms with van der Waals surface area (Å²) in [6.45, 7) is 7.71. The number of hydrogen-bond acceptors (Lipinski definition) is 6. The molecule has 0 saturated carbocycles. The molecule has 1 aromatic heterocycles. The topological polar surface area (TPSA) is 115 Å². The van der Waals surface area contributed by atoms with Crippen molar-refractivity contribution in [2.24, 2.45) is 0 Å². The van der Waals surface area contributed by atoms with Crippen LogP contribution in [-0.2, 0) is 30.7 Å². The van der Waals surface area contributed by atoms with Crippen molar-refractivity contribution in [2.45, 2.75) is 51.2 Å². The quantitative estimate of drug-likeness (QED) is 0.438. The van der Waals surface area contributed by atoms with Crippen LogP contribution < -0.4 is 5.32 Å². The third kappa shape index (κ3) is 5.93. The maximum Gasteiger partial charge on any atom is 0.337 e. The van der Waals surface area contributed by atoms with Crippen LogP contribution in [0, 0.1) is 0 Å². The summed E-state index contributed by atoms with van der Waals surface area (Å²) in [6.07, 6.45) is 1.43. The number of rotatable bonds is 9. The second-order valence-electron chi connectivity index (χ2n) is 9.00. The molecule has 9 nitrogen and oxygen atoms in total. The molecule has 0 unspecified atom stereocenters. The van der Waals surface area contributed by atoms with E-state index in [-0.39, 0.29) is 29.4 Å². The molecule has 0 fully saturated rings. The molecule has 0 spiro atoms. The van der Waals surface area contributed by atoms with Gasteiger partial charge in [0.25, 0.3) is 0 Å². The van der Waals surface area contributed by atoms with Gasteiger partial charge >= 0.3 is 5.97 Å². The summed E-state index contributed by atoms with van der Waals surface area (Å²) >= 11 is 0. The van der Waals surface area contributed by atoms with Gasteiger partial charge < -0.3 is 19.5 Å². The number of carbonyl (C=O) groups excluding carboxylic acids is 3. The highest BCUT2D eigenvalue weighted by atomic mass is 32.2. The third-order valence-electron chi connectivity index (χ3n) is 5.70. The Hall–Kier alpha value is -3.66. The fourth-order valence-electron chi connectivity index (χ4n) is 4.25. The number of ether oxygens (including phenoxy) is 1. The Labute approximate surface area is 211 Å². The van der Waals surface area contributed by atoms with E-state index in [1.54, 1.807) is 33.7 Å². The summed E-state index contributed by atoms with van der Waals surface area (Å²) in [5, 5.41) is 2.99. The van der Waals surface area contributed by atoms with Crippen LogP contribution in [-0.4, -0.2) is 60.6 Å².